The molecule has 0 unspecified atom stereocenters. The van der Waals surface area contributed by atoms with Crippen LogP contribution in [0.3, 0.4) is 0 Å². The van der Waals surface area contributed by atoms with Gasteiger partial charge in [-0.2, -0.15) is 0 Å². The molecule has 0 atom stereocenters. The Kier molecular flexibility index (Phi) is 3.14. The van der Waals surface area contributed by atoms with Gasteiger partial charge >= 0.3 is 0 Å². The molecule has 0 radical (unpaired) electrons. The lowest BCUT2D eigenvalue weighted by molar-refractivity contribution is 0.390. The number of furan rings is 1. The molecule has 7 heteroatoms. The van der Waals surface area contributed by atoms with Gasteiger partial charge < -0.3 is 8.94 Å². The summed E-state index contributed by atoms with van der Waals surface area (Å²) in [6.07, 6.45) is 0. The van der Waals surface area contributed by atoms with Crippen LogP contribution in [-0.4, -0.2) is 13.6 Å². The van der Waals surface area contributed by atoms with Crippen LogP contribution >= 0.6 is 0 Å². The molecule has 0 spiro atoms. The molecular formula is C17H14N2O4S. The van der Waals surface area contributed by atoms with Gasteiger partial charge in [0.25, 0.3) is 10.0 Å². The highest BCUT2D eigenvalue weighted by molar-refractivity contribution is 7.92. The van der Waals surface area contributed by atoms with Crippen molar-refractivity contribution < 1.29 is 17.4 Å². The van der Waals surface area contributed by atoms with Gasteiger partial charge in [0.2, 0.25) is 0 Å². The number of hydrogen-bond acceptors (Lipinski definition) is 5. The van der Waals surface area contributed by atoms with Gasteiger partial charge in [-0.05, 0) is 38.1 Å². The van der Waals surface area contributed by atoms with E-state index in [1.165, 1.54) is 0 Å². The maximum absolute atomic E-state index is 12.6. The highest BCUT2D eigenvalue weighted by Crippen LogP contribution is 2.31. The standard InChI is InChI=1S/C17H14N2O4S/c1-10-17(11(2)23-18-10)24(20,21)19-12-7-8-16-14(9-12)13-5-3-4-6-15(13)22-16/h3-9,19H,1-2H3. The van der Waals surface area contributed by atoms with Crippen LogP contribution < -0.4 is 4.72 Å². The molecule has 0 aliphatic carbocycles. The van der Waals surface area contributed by atoms with E-state index >= 15 is 0 Å². The summed E-state index contributed by atoms with van der Waals surface area (Å²) in [6.45, 7) is 3.17. The summed E-state index contributed by atoms with van der Waals surface area (Å²) in [5.74, 6) is 0.259. The van der Waals surface area contributed by atoms with Crippen molar-refractivity contribution in [1.29, 1.82) is 0 Å². The number of sulfonamides is 1. The molecule has 2 heterocycles. The van der Waals surface area contributed by atoms with Crippen LogP contribution in [0.2, 0.25) is 0 Å². The molecule has 1 N–H and O–H groups in total. The first-order valence-electron chi connectivity index (χ1n) is 7.33. The average Bonchev–Trinajstić information content (AvgIpc) is 3.07. The molecule has 0 aliphatic heterocycles. The average molecular weight is 342 g/mol. The smallest absolute Gasteiger partial charge is 0.267 e. The number of nitrogens with one attached hydrogen (secondary N) is 1. The molecule has 2 aromatic carbocycles. The fraction of sp³-hybridized carbons (Fsp3) is 0.118. The molecule has 4 aromatic rings. The van der Waals surface area contributed by atoms with Crippen molar-refractivity contribution in [3.05, 3.63) is 53.9 Å². The molecule has 0 saturated heterocycles. The maximum atomic E-state index is 12.6. The minimum Gasteiger partial charge on any atom is -0.456 e. The molecule has 0 saturated carbocycles. The molecule has 24 heavy (non-hydrogen) atoms. The van der Waals surface area contributed by atoms with Gasteiger partial charge in [0, 0.05) is 16.5 Å². The number of nitrogens with zero attached hydrogens (tertiary/aromatic N) is 1. The number of hydrogen-bond donors (Lipinski definition) is 1. The number of rotatable bonds is 3. The van der Waals surface area contributed by atoms with Crippen molar-refractivity contribution in [2.45, 2.75) is 18.7 Å². The Morgan fingerprint density at radius 3 is 2.50 bits per heavy atom. The van der Waals surface area contributed by atoms with Gasteiger partial charge in [-0.15, -0.1) is 0 Å². The van der Waals surface area contributed by atoms with Crippen LogP contribution in [0.4, 0.5) is 5.69 Å². The number of anilines is 1. The molecule has 0 amide bonds. The number of aryl methyl sites for hydroxylation is 2. The molecule has 122 valence electrons. The summed E-state index contributed by atoms with van der Waals surface area (Å²) in [4.78, 5) is 0.0691. The van der Waals surface area contributed by atoms with Gasteiger partial charge in [0.05, 0.1) is 0 Å². The highest BCUT2D eigenvalue weighted by atomic mass is 32.2. The van der Waals surface area contributed by atoms with Crippen LogP contribution in [0.1, 0.15) is 11.5 Å². The van der Waals surface area contributed by atoms with E-state index in [1.54, 1.807) is 32.0 Å². The van der Waals surface area contributed by atoms with Gasteiger partial charge in [-0.25, -0.2) is 8.42 Å². The zero-order valence-electron chi connectivity index (χ0n) is 13.0. The van der Waals surface area contributed by atoms with E-state index in [4.69, 9.17) is 8.94 Å². The molecule has 0 aliphatic rings. The molecule has 0 fully saturated rings. The summed E-state index contributed by atoms with van der Waals surface area (Å²) < 4.78 is 38.5. The second kappa shape index (κ2) is 5.10. The second-order valence-corrected chi connectivity index (χ2v) is 7.19. The number of para-hydroxylation sites is 1. The number of fused-ring (bicyclic) bond motifs is 3. The van der Waals surface area contributed by atoms with Crippen molar-refractivity contribution >= 4 is 37.6 Å². The third-order valence-corrected chi connectivity index (χ3v) is 5.49. The predicted octanol–water partition coefficient (Wildman–Crippen LogP) is 3.99. The fourth-order valence-corrected chi connectivity index (χ4v) is 4.24. The summed E-state index contributed by atoms with van der Waals surface area (Å²) in [6, 6.07) is 12.8. The Morgan fingerprint density at radius 1 is 1.00 bits per heavy atom. The number of aromatic nitrogens is 1. The van der Waals surface area contributed by atoms with E-state index < -0.39 is 10.0 Å². The topological polar surface area (TPSA) is 85.3 Å². The van der Waals surface area contributed by atoms with Gasteiger partial charge in [-0.1, -0.05) is 23.4 Å². The zero-order valence-corrected chi connectivity index (χ0v) is 13.8. The van der Waals surface area contributed by atoms with E-state index in [0.717, 1.165) is 16.4 Å². The normalized spacial score (nSPS) is 12.1. The molecular weight excluding hydrogens is 328 g/mol. The van der Waals surface area contributed by atoms with Gasteiger partial charge in [0.1, 0.15) is 16.9 Å². The predicted molar refractivity (Wildman–Crippen MR) is 90.5 cm³/mol. The van der Waals surface area contributed by atoms with Crippen LogP contribution in [-0.2, 0) is 10.0 Å². The van der Waals surface area contributed by atoms with Crippen molar-refractivity contribution in [2.24, 2.45) is 0 Å². The van der Waals surface area contributed by atoms with E-state index in [-0.39, 0.29) is 10.7 Å². The quantitative estimate of drug-likeness (QED) is 0.608. The Labute approximate surface area is 138 Å². The third-order valence-electron chi connectivity index (χ3n) is 3.87. The Hall–Kier alpha value is -2.80. The van der Waals surface area contributed by atoms with Crippen molar-refractivity contribution in [3.8, 4) is 0 Å². The summed E-state index contributed by atoms with van der Waals surface area (Å²) in [7, 11) is -3.77. The first kappa shape index (κ1) is 14.8. The van der Waals surface area contributed by atoms with E-state index in [9.17, 15) is 8.42 Å². The minimum absolute atomic E-state index is 0.0691. The first-order valence-corrected chi connectivity index (χ1v) is 8.81. The maximum Gasteiger partial charge on any atom is 0.267 e. The van der Waals surface area contributed by atoms with Crippen LogP contribution in [0.25, 0.3) is 21.9 Å². The van der Waals surface area contributed by atoms with Crippen LogP contribution in [0.15, 0.2) is 56.3 Å². The first-order chi connectivity index (χ1) is 11.5. The second-order valence-electron chi connectivity index (χ2n) is 5.57. The SMILES string of the molecule is Cc1noc(C)c1S(=O)(=O)Nc1ccc2oc3ccccc3c2c1. The van der Waals surface area contributed by atoms with E-state index in [1.807, 2.05) is 24.3 Å². The lowest BCUT2D eigenvalue weighted by atomic mass is 10.1. The number of benzene rings is 2. The monoisotopic (exact) mass is 342 g/mol. The fourth-order valence-electron chi connectivity index (χ4n) is 2.85. The lowest BCUT2D eigenvalue weighted by Gasteiger charge is -2.07. The van der Waals surface area contributed by atoms with Crippen molar-refractivity contribution in [1.82, 2.24) is 5.16 Å². The molecule has 0 bridgehead atoms. The van der Waals surface area contributed by atoms with Crippen molar-refractivity contribution in [2.75, 3.05) is 4.72 Å². The molecule has 4 rings (SSSR count). The highest BCUT2D eigenvalue weighted by Gasteiger charge is 2.24. The van der Waals surface area contributed by atoms with Gasteiger partial charge in [-0.3, -0.25) is 4.72 Å². The van der Waals surface area contributed by atoms with Crippen molar-refractivity contribution in [3.63, 3.8) is 0 Å². The third kappa shape index (κ3) is 2.25. The Morgan fingerprint density at radius 2 is 1.75 bits per heavy atom. The van der Waals surface area contributed by atoms with Crippen LogP contribution in [0, 0.1) is 13.8 Å². The summed E-state index contributed by atoms with van der Waals surface area (Å²) in [5, 5.41) is 5.48. The zero-order chi connectivity index (χ0) is 16.9. The Balaban J connectivity index is 1.81. The summed E-state index contributed by atoms with van der Waals surface area (Å²) in [5.41, 5.74) is 2.25. The van der Waals surface area contributed by atoms with Gasteiger partial charge in [0.15, 0.2) is 10.7 Å². The molecule has 2 aromatic heterocycles. The summed E-state index contributed by atoms with van der Waals surface area (Å²) >= 11 is 0. The van der Waals surface area contributed by atoms with E-state index in [0.29, 0.717) is 17.0 Å². The Bertz CT molecular complexity index is 1150. The largest absolute Gasteiger partial charge is 0.456 e. The van der Waals surface area contributed by atoms with E-state index in [2.05, 4.69) is 9.88 Å². The lowest BCUT2D eigenvalue weighted by Crippen LogP contribution is -2.14. The minimum atomic E-state index is -3.77. The molecule has 6 nitrogen and oxygen atoms in total. The van der Waals surface area contributed by atoms with Crippen LogP contribution in [0.5, 0.6) is 0 Å².